The number of halogens is 1. The van der Waals surface area contributed by atoms with Crippen LogP contribution in [0.4, 0.5) is 0 Å². The third-order valence-electron chi connectivity index (χ3n) is 3.27. The van der Waals surface area contributed by atoms with E-state index in [1.807, 2.05) is 22.6 Å². The maximum atomic E-state index is 12.8. The third-order valence-corrected chi connectivity index (χ3v) is 5.82. The molecule has 3 aromatic rings. The average Bonchev–Trinajstić information content (AvgIpc) is 2.85. The lowest BCUT2D eigenvalue weighted by Crippen LogP contribution is -2.12. The van der Waals surface area contributed by atoms with Crippen molar-refractivity contribution in [1.29, 1.82) is 0 Å². The zero-order valence-corrected chi connectivity index (χ0v) is 14.1. The van der Waals surface area contributed by atoms with Gasteiger partial charge in [-0.1, -0.05) is 24.3 Å². The minimum atomic E-state index is -3.77. The van der Waals surface area contributed by atoms with Crippen LogP contribution in [-0.4, -0.2) is 23.5 Å². The molecule has 22 heavy (non-hydrogen) atoms. The lowest BCUT2D eigenvalue weighted by atomic mass is 10.2. The number of fused-ring (bicyclic) bond motifs is 1. The SMILES string of the molecule is O=C(O)c1ccc2c(I)cn(S(=O)(=O)c3ccccc3)c2c1. The Labute approximate surface area is 140 Å². The van der Waals surface area contributed by atoms with Crippen LogP contribution in [0, 0.1) is 3.57 Å². The first-order chi connectivity index (χ1) is 10.4. The van der Waals surface area contributed by atoms with Crippen molar-refractivity contribution >= 4 is 49.5 Å². The first-order valence-electron chi connectivity index (χ1n) is 6.26. The molecule has 0 aliphatic carbocycles. The molecule has 1 heterocycles. The summed E-state index contributed by atoms with van der Waals surface area (Å²) in [6.07, 6.45) is 1.50. The predicted octanol–water partition coefficient (Wildman–Crippen LogP) is 3.18. The molecule has 0 atom stereocenters. The molecule has 0 aliphatic heterocycles. The van der Waals surface area contributed by atoms with Gasteiger partial charge >= 0.3 is 5.97 Å². The highest BCUT2D eigenvalue weighted by Gasteiger charge is 2.21. The Hall–Kier alpha value is -1.87. The zero-order valence-electron chi connectivity index (χ0n) is 11.1. The smallest absolute Gasteiger partial charge is 0.335 e. The second-order valence-corrected chi connectivity index (χ2v) is 7.61. The van der Waals surface area contributed by atoms with E-state index in [0.717, 1.165) is 7.54 Å². The molecule has 0 fully saturated rings. The third kappa shape index (κ3) is 2.40. The molecule has 112 valence electrons. The van der Waals surface area contributed by atoms with Gasteiger partial charge in [0.05, 0.1) is 16.0 Å². The van der Waals surface area contributed by atoms with Gasteiger partial charge in [-0.3, -0.25) is 0 Å². The van der Waals surface area contributed by atoms with E-state index in [-0.39, 0.29) is 10.5 Å². The van der Waals surface area contributed by atoms with E-state index >= 15 is 0 Å². The lowest BCUT2D eigenvalue weighted by Gasteiger charge is -2.07. The Morgan fingerprint density at radius 2 is 1.77 bits per heavy atom. The fraction of sp³-hybridized carbons (Fsp3) is 0. The highest BCUT2D eigenvalue weighted by atomic mass is 127. The summed E-state index contributed by atoms with van der Waals surface area (Å²) >= 11 is 2.03. The molecule has 2 aromatic carbocycles. The van der Waals surface area contributed by atoms with Crippen LogP contribution in [0.1, 0.15) is 10.4 Å². The quantitative estimate of drug-likeness (QED) is 0.652. The number of hydrogen-bond acceptors (Lipinski definition) is 3. The molecule has 0 saturated heterocycles. The number of carboxylic acids is 1. The molecule has 0 bridgehead atoms. The van der Waals surface area contributed by atoms with Gasteiger partial charge in [0, 0.05) is 15.2 Å². The maximum Gasteiger partial charge on any atom is 0.335 e. The first-order valence-corrected chi connectivity index (χ1v) is 8.77. The Morgan fingerprint density at radius 1 is 1.09 bits per heavy atom. The van der Waals surface area contributed by atoms with Crippen LogP contribution in [0.2, 0.25) is 0 Å². The second kappa shape index (κ2) is 5.40. The molecule has 3 rings (SSSR count). The Balaban J connectivity index is 2.31. The van der Waals surface area contributed by atoms with E-state index in [0.29, 0.717) is 10.9 Å². The summed E-state index contributed by atoms with van der Waals surface area (Å²) in [5.41, 5.74) is 0.402. The Bertz CT molecular complexity index is 977. The van der Waals surface area contributed by atoms with Crippen molar-refractivity contribution in [3.05, 3.63) is 63.9 Å². The number of aromatic nitrogens is 1. The fourth-order valence-electron chi connectivity index (χ4n) is 2.20. The topological polar surface area (TPSA) is 76.4 Å². The molecule has 0 aliphatic rings. The van der Waals surface area contributed by atoms with E-state index < -0.39 is 16.0 Å². The summed E-state index contributed by atoms with van der Waals surface area (Å²) in [5, 5.41) is 9.80. The normalized spacial score (nSPS) is 11.7. The number of nitrogens with zero attached hydrogens (tertiary/aromatic N) is 1. The Kier molecular flexibility index (Phi) is 3.69. The van der Waals surface area contributed by atoms with E-state index in [9.17, 15) is 13.2 Å². The van der Waals surface area contributed by atoms with Gasteiger partial charge in [-0.2, -0.15) is 0 Å². The Morgan fingerprint density at radius 3 is 2.41 bits per heavy atom. The largest absolute Gasteiger partial charge is 0.478 e. The molecule has 0 radical (unpaired) electrons. The molecule has 0 amide bonds. The number of aromatic carboxylic acids is 1. The van der Waals surface area contributed by atoms with E-state index in [1.165, 1.54) is 30.5 Å². The molecule has 1 N–H and O–H groups in total. The average molecular weight is 427 g/mol. The van der Waals surface area contributed by atoms with Crippen molar-refractivity contribution in [1.82, 2.24) is 3.97 Å². The summed E-state index contributed by atoms with van der Waals surface area (Å²) in [6, 6.07) is 12.5. The van der Waals surface area contributed by atoms with Gasteiger partial charge in [-0.15, -0.1) is 0 Å². The van der Waals surface area contributed by atoms with Gasteiger partial charge in [0.1, 0.15) is 0 Å². The van der Waals surface area contributed by atoms with E-state index in [4.69, 9.17) is 5.11 Å². The minimum absolute atomic E-state index is 0.0477. The van der Waals surface area contributed by atoms with Crippen molar-refractivity contribution in [3.8, 4) is 0 Å². The van der Waals surface area contributed by atoms with Crippen molar-refractivity contribution in [3.63, 3.8) is 0 Å². The summed E-state index contributed by atoms with van der Waals surface area (Å²) < 4.78 is 27.4. The molecule has 1 aromatic heterocycles. The molecular weight excluding hydrogens is 417 g/mol. The van der Waals surface area contributed by atoms with Crippen LogP contribution < -0.4 is 0 Å². The van der Waals surface area contributed by atoms with Crippen molar-refractivity contribution in [2.24, 2.45) is 0 Å². The van der Waals surface area contributed by atoms with Gasteiger partial charge in [0.2, 0.25) is 0 Å². The summed E-state index contributed by atoms with van der Waals surface area (Å²) in [4.78, 5) is 11.3. The van der Waals surface area contributed by atoms with Gasteiger partial charge in [0.25, 0.3) is 10.0 Å². The molecule has 7 heteroatoms. The monoisotopic (exact) mass is 427 g/mol. The number of hydrogen-bond donors (Lipinski definition) is 1. The van der Waals surface area contributed by atoms with Gasteiger partial charge in [-0.05, 0) is 46.9 Å². The fourth-order valence-corrected chi connectivity index (χ4v) is 4.50. The van der Waals surface area contributed by atoms with Crippen LogP contribution in [0.25, 0.3) is 10.9 Å². The van der Waals surface area contributed by atoms with Crippen molar-refractivity contribution in [2.75, 3.05) is 0 Å². The van der Waals surface area contributed by atoms with Crippen LogP contribution in [0.3, 0.4) is 0 Å². The molecule has 0 spiro atoms. The van der Waals surface area contributed by atoms with E-state index in [2.05, 4.69) is 0 Å². The van der Waals surface area contributed by atoms with Gasteiger partial charge in [0.15, 0.2) is 0 Å². The van der Waals surface area contributed by atoms with Crippen molar-refractivity contribution in [2.45, 2.75) is 4.90 Å². The van der Waals surface area contributed by atoms with Crippen LogP contribution in [-0.2, 0) is 10.0 Å². The first kappa shape index (κ1) is 15.0. The molecule has 5 nitrogen and oxygen atoms in total. The summed E-state index contributed by atoms with van der Waals surface area (Å²) in [6.45, 7) is 0. The minimum Gasteiger partial charge on any atom is -0.478 e. The number of carboxylic acid groups (broad SMARTS) is 1. The number of carbonyl (C=O) groups is 1. The molecule has 0 saturated carbocycles. The van der Waals surface area contributed by atoms with Crippen molar-refractivity contribution < 1.29 is 18.3 Å². The number of rotatable bonds is 3. The van der Waals surface area contributed by atoms with E-state index in [1.54, 1.807) is 24.3 Å². The number of benzene rings is 2. The summed E-state index contributed by atoms with van der Waals surface area (Å²) in [5.74, 6) is -1.10. The highest BCUT2D eigenvalue weighted by molar-refractivity contribution is 14.1. The predicted molar refractivity (Wildman–Crippen MR) is 90.6 cm³/mol. The maximum absolute atomic E-state index is 12.8. The zero-order chi connectivity index (χ0) is 15.9. The second-order valence-electron chi connectivity index (χ2n) is 4.63. The summed E-state index contributed by atoms with van der Waals surface area (Å²) in [7, 11) is -3.77. The lowest BCUT2D eigenvalue weighted by molar-refractivity contribution is 0.0697. The van der Waals surface area contributed by atoms with Gasteiger partial charge in [-0.25, -0.2) is 17.2 Å². The molecular formula is C15H10INO4S. The van der Waals surface area contributed by atoms with Crippen LogP contribution >= 0.6 is 22.6 Å². The van der Waals surface area contributed by atoms with Crippen LogP contribution in [0.5, 0.6) is 0 Å². The van der Waals surface area contributed by atoms with Crippen LogP contribution in [0.15, 0.2) is 59.6 Å². The molecule has 0 unspecified atom stereocenters. The standard InChI is InChI=1S/C15H10INO4S/c16-13-9-17(22(20,21)11-4-2-1-3-5-11)14-8-10(15(18)19)6-7-12(13)14/h1-9H,(H,18,19). The van der Waals surface area contributed by atoms with Gasteiger partial charge < -0.3 is 5.11 Å². The highest BCUT2D eigenvalue weighted by Crippen LogP contribution is 2.28.